The smallest absolute Gasteiger partial charge is 0.274 e. The lowest BCUT2D eigenvalue weighted by molar-refractivity contribution is 0.0297. The summed E-state index contributed by atoms with van der Waals surface area (Å²) in [4.78, 5) is 18.6. The highest BCUT2D eigenvalue weighted by Gasteiger charge is 2.31. The Morgan fingerprint density at radius 3 is 2.38 bits per heavy atom. The number of aromatic nitrogens is 2. The molecule has 0 unspecified atom stereocenters. The van der Waals surface area contributed by atoms with Crippen LogP contribution in [0.15, 0.2) is 30.2 Å². The van der Waals surface area contributed by atoms with Crippen molar-refractivity contribution in [2.24, 2.45) is 0 Å². The molecule has 8 heteroatoms. The summed E-state index contributed by atoms with van der Waals surface area (Å²) in [6.45, 7) is 15.4. The number of nitrogens with zero attached hydrogens (tertiary/aromatic N) is 4. The van der Waals surface area contributed by atoms with E-state index < -0.39 is 0 Å². The molecule has 1 aromatic rings. The highest BCUT2D eigenvalue weighted by molar-refractivity contribution is 8.02. The van der Waals surface area contributed by atoms with Crippen LogP contribution >= 0.6 is 11.8 Å². The first kappa shape index (κ1) is 20.4. The SMILES string of the molecule is C=CC1=C(C=C)c2c(c(C(=O)N3CCOCC3)nn2CCN2CCOCC2)CS1. The number of carbonyl (C=O) groups excluding carboxylic acids is 1. The third-order valence-corrected chi connectivity index (χ3v) is 6.70. The largest absolute Gasteiger partial charge is 0.379 e. The van der Waals surface area contributed by atoms with Crippen LogP contribution in [0.2, 0.25) is 0 Å². The van der Waals surface area contributed by atoms with Crippen molar-refractivity contribution >= 4 is 23.2 Å². The molecule has 0 N–H and O–H groups in total. The van der Waals surface area contributed by atoms with E-state index in [2.05, 4.69) is 18.1 Å². The summed E-state index contributed by atoms with van der Waals surface area (Å²) in [7, 11) is 0. The summed E-state index contributed by atoms with van der Waals surface area (Å²) in [6, 6.07) is 0. The quantitative estimate of drug-likeness (QED) is 0.707. The topological polar surface area (TPSA) is 59.8 Å². The molecule has 0 bridgehead atoms. The molecule has 4 rings (SSSR count). The zero-order chi connectivity index (χ0) is 20.2. The summed E-state index contributed by atoms with van der Waals surface area (Å²) >= 11 is 1.69. The zero-order valence-corrected chi connectivity index (χ0v) is 17.6. The van der Waals surface area contributed by atoms with E-state index in [9.17, 15) is 4.79 Å². The Labute approximate surface area is 176 Å². The minimum absolute atomic E-state index is 0.000683. The number of carbonyl (C=O) groups is 1. The molecule has 3 aliphatic rings. The van der Waals surface area contributed by atoms with Crippen LogP contribution in [0, 0.1) is 0 Å². The van der Waals surface area contributed by atoms with Gasteiger partial charge in [0.15, 0.2) is 5.69 Å². The number of hydrogen-bond acceptors (Lipinski definition) is 6. The summed E-state index contributed by atoms with van der Waals surface area (Å²) in [5, 5.41) is 4.82. The van der Waals surface area contributed by atoms with E-state index in [0.717, 1.165) is 66.9 Å². The highest BCUT2D eigenvalue weighted by atomic mass is 32.2. The van der Waals surface area contributed by atoms with Gasteiger partial charge in [0.1, 0.15) is 0 Å². The van der Waals surface area contributed by atoms with Crippen molar-refractivity contribution in [3.8, 4) is 0 Å². The molecule has 2 saturated heterocycles. The van der Waals surface area contributed by atoms with Gasteiger partial charge in [0.25, 0.3) is 5.91 Å². The molecule has 2 fully saturated rings. The first-order chi connectivity index (χ1) is 14.2. The van der Waals surface area contributed by atoms with Gasteiger partial charge in [-0.2, -0.15) is 5.10 Å². The predicted octanol–water partition coefficient (Wildman–Crippen LogP) is 2.02. The molecule has 1 amide bonds. The average Bonchev–Trinajstić information content (AvgIpc) is 3.16. The van der Waals surface area contributed by atoms with Crippen LogP contribution < -0.4 is 0 Å². The lowest BCUT2D eigenvalue weighted by Crippen LogP contribution is -2.41. The normalized spacial score (nSPS) is 20.5. The molecule has 0 radical (unpaired) electrons. The van der Waals surface area contributed by atoms with E-state index in [1.54, 1.807) is 11.8 Å². The van der Waals surface area contributed by atoms with Crippen LogP contribution in [0.1, 0.15) is 21.7 Å². The summed E-state index contributed by atoms with van der Waals surface area (Å²) in [6.07, 6.45) is 3.73. The Hall–Kier alpha value is -1.87. The van der Waals surface area contributed by atoms with Crippen LogP contribution in [-0.2, 0) is 21.8 Å². The van der Waals surface area contributed by atoms with Crippen molar-refractivity contribution in [1.29, 1.82) is 0 Å². The number of hydrogen-bond donors (Lipinski definition) is 0. The molecule has 0 aromatic carbocycles. The molecular formula is C21H28N4O3S. The van der Waals surface area contributed by atoms with Crippen molar-refractivity contribution in [2.45, 2.75) is 12.3 Å². The van der Waals surface area contributed by atoms with Crippen LogP contribution in [0.5, 0.6) is 0 Å². The van der Waals surface area contributed by atoms with Gasteiger partial charge in [-0.3, -0.25) is 14.4 Å². The van der Waals surface area contributed by atoms with E-state index in [0.29, 0.717) is 32.0 Å². The van der Waals surface area contributed by atoms with Crippen molar-refractivity contribution in [2.75, 3.05) is 59.2 Å². The van der Waals surface area contributed by atoms with Gasteiger partial charge in [0.2, 0.25) is 0 Å². The molecule has 0 atom stereocenters. The molecule has 29 heavy (non-hydrogen) atoms. The van der Waals surface area contributed by atoms with Gasteiger partial charge in [-0.15, -0.1) is 11.8 Å². The monoisotopic (exact) mass is 416 g/mol. The Morgan fingerprint density at radius 2 is 1.72 bits per heavy atom. The van der Waals surface area contributed by atoms with Gasteiger partial charge < -0.3 is 14.4 Å². The van der Waals surface area contributed by atoms with Crippen molar-refractivity contribution in [1.82, 2.24) is 19.6 Å². The summed E-state index contributed by atoms with van der Waals surface area (Å²) in [5.74, 6) is 0.720. The number of allylic oxidation sites excluding steroid dienone is 3. The first-order valence-electron chi connectivity index (χ1n) is 10.1. The molecule has 1 aromatic heterocycles. The minimum Gasteiger partial charge on any atom is -0.379 e. The number of rotatable bonds is 6. The van der Waals surface area contributed by atoms with E-state index in [1.807, 2.05) is 21.7 Å². The molecule has 0 aliphatic carbocycles. The molecule has 0 saturated carbocycles. The van der Waals surface area contributed by atoms with Gasteiger partial charge >= 0.3 is 0 Å². The van der Waals surface area contributed by atoms with E-state index >= 15 is 0 Å². The van der Waals surface area contributed by atoms with E-state index in [1.165, 1.54) is 0 Å². The molecule has 4 heterocycles. The Balaban J connectivity index is 1.67. The van der Waals surface area contributed by atoms with Crippen molar-refractivity contribution in [3.63, 3.8) is 0 Å². The lowest BCUT2D eigenvalue weighted by atomic mass is 10.0. The van der Waals surface area contributed by atoms with E-state index in [-0.39, 0.29) is 5.91 Å². The van der Waals surface area contributed by atoms with Gasteiger partial charge in [0, 0.05) is 54.5 Å². The first-order valence-corrected chi connectivity index (χ1v) is 11.1. The van der Waals surface area contributed by atoms with Crippen molar-refractivity contribution < 1.29 is 14.3 Å². The fraction of sp³-hybridized carbons (Fsp3) is 0.524. The summed E-state index contributed by atoms with van der Waals surface area (Å²) < 4.78 is 12.8. The fourth-order valence-corrected chi connectivity index (χ4v) is 4.99. The van der Waals surface area contributed by atoms with Gasteiger partial charge in [0.05, 0.1) is 38.7 Å². The number of amides is 1. The van der Waals surface area contributed by atoms with Crippen LogP contribution in [0.4, 0.5) is 0 Å². The zero-order valence-electron chi connectivity index (χ0n) is 16.8. The second-order valence-corrected chi connectivity index (χ2v) is 8.25. The fourth-order valence-electron chi connectivity index (χ4n) is 3.96. The molecule has 156 valence electrons. The molecule has 3 aliphatic heterocycles. The molecule has 0 spiro atoms. The van der Waals surface area contributed by atoms with Crippen molar-refractivity contribution in [3.05, 3.63) is 47.2 Å². The minimum atomic E-state index is 0.000683. The molecule has 7 nitrogen and oxygen atoms in total. The third-order valence-electron chi connectivity index (χ3n) is 5.57. The highest BCUT2D eigenvalue weighted by Crippen LogP contribution is 2.40. The van der Waals surface area contributed by atoms with Gasteiger partial charge in [-0.05, 0) is 0 Å². The second kappa shape index (κ2) is 9.30. The van der Waals surface area contributed by atoms with E-state index in [4.69, 9.17) is 14.6 Å². The standard InChI is InChI=1S/C21H28N4O3S/c1-3-16-18(4-2)29-15-17-19(21(26)24-9-13-28-14-10-24)22-25(20(16)17)6-5-23-7-11-27-12-8-23/h3-4H,1-2,5-15H2. The maximum Gasteiger partial charge on any atom is 0.274 e. The van der Waals surface area contributed by atoms with Gasteiger partial charge in [-0.1, -0.05) is 25.3 Å². The number of fused-ring (bicyclic) bond motifs is 1. The maximum absolute atomic E-state index is 13.2. The Morgan fingerprint density at radius 1 is 1.03 bits per heavy atom. The van der Waals surface area contributed by atoms with Crippen LogP contribution in [0.25, 0.3) is 5.57 Å². The maximum atomic E-state index is 13.2. The Kier molecular flexibility index (Phi) is 6.54. The van der Waals surface area contributed by atoms with Gasteiger partial charge in [-0.25, -0.2) is 0 Å². The lowest BCUT2D eigenvalue weighted by Gasteiger charge is -2.27. The Bertz CT molecular complexity index is 820. The number of ether oxygens (including phenoxy) is 2. The summed E-state index contributed by atoms with van der Waals surface area (Å²) in [5.41, 5.74) is 3.60. The number of thioether (sulfide) groups is 1. The third kappa shape index (κ3) is 4.21. The average molecular weight is 417 g/mol. The predicted molar refractivity (Wildman–Crippen MR) is 115 cm³/mol. The van der Waals surface area contributed by atoms with Crippen LogP contribution in [0.3, 0.4) is 0 Å². The molecular weight excluding hydrogens is 388 g/mol. The van der Waals surface area contributed by atoms with Crippen LogP contribution in [-0.4, -0.2) is 84.6 Å². The number of morpholine rings is 2. The second-order valence-electron chi connectivity index (χ2n) is 7.23.